The van der Waals surface area contributed by atoms with Gasteiger partial charge in [0, 0.05) is 5.57 Å². The summed E-state index contributed by atoms with van der Waals surface area (Å²) in [5.74, 6) is -0.900. The summed E-state index contributed by atoms with van der Waals surface area (Å²) < 4.78 is 14.6. The minimum Gasteiger partial charge on any atom is -0.415 e. The molecule has 12 heavy (non-hydrogen) atoms. The summed E-state index contributed by atoms with van der Waals surface area (Å²) in [5.41, 5.74) is -0.819. The first-order valence-corrected chi connectivity index (χ1v) is 4.49. The highest BCUT2D eigenvalue weighted by Gasteiger charge is 2.23. The Morgan fingerprint density at radius 1 is 1.42 bits per heavy atom. The molecule has 2 N–H and O–H groups in total. The fourth-order valence-electron chi connectivity index (χ4n) is 0.254. The number of rotatable bonds is 3. The van der Waals surface area contributed by atoms with E-state index in [9.17, 15) is 9.36 Å². The Labute approximate surface area is 69.5 Å². The SMILES string of the molecule is C=C(C)C(=O)OC(=C)P(=O)(O)O. The van der Waals surface area contributed by atoms with Gasteiger partial charge >= 0.3 is 13.6 Å². The van der Waals surface area contributed by atoms with Crippen molar-refractivity contribution in [2.45, 2.75) is 6.92 Å². The molecule has 6 heteroatoms. The van der Waals surface area contributed by atoms with Gasteiger partial charge in [0.2, 0.25) is 5.50 Å². The van der Waals surface area contributed by atoms with Crippen LogP contribution in [0.5, 0.6) is 0 Å². The highest BCUT2D eigenvalue weighted by Crippen LogP contribution is 2.44. The second-order valence-corrected chi connectivity index (χ2v) is 3.69. The lowest BCUT2D eigenvalue weighted by Crippen LogP contribution is -2.04. The monoisotopic (exact) mass is 192 g/mol. The molecule has 0 rings (SSSR count). The Morgan fingerprint density at radius 3 is 2.08 bits per heavy atom. The Morgan fingerprint density at radius 2 is 1.83 bits per heavy atom. The fraction of sp³-hybridized carbons (Fsp3) is 0.167. The Bertz CT molecular complexity index is 274. The Balaban J connectivity index is 4.32. The highest BCUT2D eigenvalue weighted by atomic mass is 31.2. The van der Waals surface area contributed by atoms with Crippen molar-refractivity contribution in [1.29, 1.82) is 0 Å². The van der Waals surface area contributed by atoms with E-state index < -0.39 is 19.1 Å². The average Bonchev–Trinajstić information content (AvgIpc) is 1.85. The maximum atomic E-state index is 10.7. The quantitative estimate of drug-likeness (QED) is 0.298. The van der Waals surface area contributed by atoms with Crippen molar-refractivity contribution in [3.8, 4) is 0 Å². The van der Waals surface area contributed by atoms with Gasteiger partial charge in [-0.15, -0.1) is 0 Å². The predicted octanol–water partition coefficient (Wildman–Crippen LogP) is 0.755. The number of hydrogen-bond acceptors (Lipinski definition) is 3. The van der Waals surface area contributed by atoms with Crippen LogP contribution in [0.3, 0.4) is 0 Å². The molecule has 0 aliphatic heterocycles. The lowest BCUT2D eigenvalue weighted by molar-refractivity contribution is -0.134. The van der Waals surface area contributed by atoms with Crippen molar-refractivity contribution in [3.63, 3.8) is 0 Å². The summed E-state index contributed by atoms with van der Waals surface area (Å²) in [4.78, 5) is 27.5. The van der Waals surface area contributed by atoms with Crippen LogP contribution in [0.2, 0.25) is 0 Å². The van der Waals surface area contributed by atoms with Crippen LogP contribution in [0.25, 0.3) is 0 Å². The molecule has 0 aromatic carbocycles. The van der Waals surface area contributed by atoms with Gasteiger partial charge in [-0.3, -0.25) is 4.57 Å². The van der Waals surface area contributed by atoms with Crippen LogP contribution in [0.4, 0.5) is 0 Å². The second kappa shape index (κ2) is 3.67. The summed E-state index contributed by atoms with van der Waals surface area (Å²) in [6, 6.07) is 0. The minimum atomic E-state index is -4.53. The van der Waals surface area contributed by atoms with Crippen molar-refractivity contribution in [3.05, 3.63) is 24.2 Å². The van der Waals surface area contributed by atoms with Gasteiger partial charge in [-0.05, 0) is 13.5 Å². The lowest BCUT2D eigenvalue weighted by atomic mass is 10.4. The summed E-state index contributed by atoms with van der Waals surface area (Å²) >= 11 is 0. The third kappa shape index (κ3) is 3.48. The van der Waals surface area contributed by atoms with Crippen molar-refractivity contribution >= 4 is 13.6 Å². The molecule has 0 spiro atoms. The third-order valence-electron chi connectivity index (χ3n) is 0.884. The zero-order valence-corrected chi connectivity index (χ0v) is 7.38. The highest BCUT2D eigenvalue weighted by molar-refractivity contribution is 7.56. The standard InChI is InChI=1S/C6H9O5P/c1-4(2)6(7)11-5(3)12(8,9)10/h1,3H2,2H3,(H2,8,9,10). The molecule has 0 fully saturated rings. The third-order valence-corrected chi connectivity index (χ3v) is 1.62. The number of esters is 1. The predicted molar refractivity (Wildman–Crippen MR) is 42.1 cm³/mol. The fourth-order valence-corrected chi connectivity index (χ4v) is 0.455. The van der Waals surface area contributed by atoms with Gasteiger partial charge in [-0.1, -0.05) is 6.58 Å². The van der Waals surface area contributed by atoms with Crippen LogP contribution in [0.15, 0.2) is 24.2 Å². The summed E-state index contributed by atoms with van der Waals surface area (Å²) in [6.07, 6.45) is 0. The van der Waals surface area contributed by atoms with E-state index in [1.807, 2.05) is 0 Å². The van der Waals surface area contributed by atoms with E-state index in [0.29, 0.717) is 0 Å². The maximum Gasteiger partial charge on any atom is 0.390 e. The van der Waals surface area contributed by atoms with Gasteiger partial charge in [0.1, 0.15) is 0 Å². The van der Waals surface area contributed by atoms with E-state index in [-0.39, 0.29) is 5.57 Å². The molecule has 0 bridgehead atoms. The topological polar surface area (TPSA) is 83.8 Å². The van der Waals surface area contributed by atoms with E-state index in [0.717, 1.165) is 0 Å². The van der Waals surface area contributed by atoms with E-state index in [1.54, 1.807) is 0 Å². The van der Waals surface area contributed by atoms with Gasteiger partial charge in [-0.25, -0.2) is 4.79 Å². The van der Waals surface area contributed by atoms with Crippen molar-refractivity contribution < 1.29 is 23.9 Å². The molecule has 0 heterocycles. The van der Waals surface area contributed by atoms with Crippen LogP contribution < -0.4 is 0 Å². The van der Waals surface area contributed by atoms with Crippen molar-refractivity contribution in [2.75, 3.05) is 0 Å². The molecule has 0 saturated heterocycles. The van der Waals surface area contributed by atoms with Gasteiger partial charge in [-0.2, -0.15) is 0 Å². The van der Waals surface area contributed by atoms with Gasteiger partial charge in [0.25, 0.3) is 0 Å². The van der Waals surface area contributed by atoms with Crippen molar-refractivity contribution in [2.24, 2.45) is 0 Å². The van der Waals surface area contributed by atoms with E-state index in [2.05, 4.69) is 17.9 Å². The molecule has 0 radical (unpaired) electrons. The Kier molecular flexibility index (Phi) is 3.39. The van der Waals surface area contributed by atoms with E-state index in [4.69, 9.17) is 9.79 Å². The zero-order valence-electron chi connectivity index (χ0n) is 6.48. The van der Waals surface area contributed by atoms with Crippen LogP contribution in [-0.2, 0) is 14.1 Å². The molecular formula is C6H9O5P. The molecule has 0 aliphatic carbocycles. The van der Waals surface area contributed by atoms with E-state index in [1.165, 1.54) is 6.92 Å². The van der Waals surface area contributed by atoms with Crippen LogP contribution in [0, 0.1) is 0 Å². The first-order valence-electron chi connectivity index (χ1n) is 2.88. The lowest BCUT2D eigenvalue weighted by Gasteiger charge is -2.07. The van der Waals surface area contributed by atoms with Crippen molar-refractivity contribution in [1.82, 2.24) is 0 Å². The Hall–Kier alpha value is -0.900. The number of hydrogen-bond donors (Lipinski definition) is 2. The molecule has 0 amide bonds. The number of ether oxygens (including phenoxy) is 1. The smallest absolute Gasteiger partial charge is 0.390 e. The van der Waals surface area contributed by atoms with Crippen LogP contribution in [0.1, 0.15) is 6.92 Å². The average molecular weight is 192 g/mol. The second-order valence-electron chi connectivity index (χ2n) is 2.11. The first kappa shape index (κ1) is 11.1. The molecule has 68 valence electrons. The van der Waals surface area contributed by atoms with E-state index >= 15 is 0 Å². The maximum absolute atomic E-state index is 10.7. The summed E-state index contributed by atoms with van der Waals surface area (Å²) in [6.45, 7) is 7.48. The molecule has 5 nitrogen and oxygen atoms in total. The van der Waals surface area contributed by atoms with Gasteiger partial charge < -0.3 is 14.5 Å². The van der Waals surface area contributed by atoms with Crippen LogP contribution >= 0.6 is 7.60 Å². The van der Waals surface area contributed by atoms with Gasteiger partial charge in [0.05, 0.1) is 0 Å². The summed E-state index contributed by atoms with van der Waals surface area (Å²) in [7, 11) is -4.53. The molecule has 0 atom stereocenters. The molecule has 0 unspecified atom stereocenters. The van der Waals surface area contributed by atoms with Gasteiger partial charge in [0.15, 0.2) is 0 Å². The summed E-state index contributed by atoms with van der Waals surface area (Å²) in [5, 5.41) is 0. The minimum absolute atomic E-state index is 0.0459. The molecule has 0 aromatic rings. The molecular weight excluding hydrogens is 183 g/mol. The largest absolute Gasteiger partial charge is 0.415 e. The number of carbonyl (C=O) groups excluding carboxylic acids is 1. The molecule has 0 aliphatic rings. The normalized spacial score (nSPS) is 10.6. The van der Waals surface area contributed by atoms with Crippen LogP contribution in [-0.4, -0.2) is 15.8 Å². The first-order chi connectivity index (χ1) is 5.25. The number of carbonyl (C=O) groups is 1. The zero-order chi connectivity index (χ0) is 9.94. The molecule has 0 saturated carbocycles. The molecule has 0 aromatic heterocycles.